The van der Waals surface area contributed by atoms with Crippen molar-refractivity contribution in [1.82, 2.24) is 10.2 Å². The van der Waals surface area contributed by atoms with Crippen LogP contribution in [-0.4, -0.2) is 50.5 Å². The first-order valence-electron chi connectivity index (χ1n) is 13.4. The molecule has 0 aliphatic rings. The fraction of sp³-hybridized carbons (Fsp3) is 0.355. The third-order valence-electron chi connectivity index (χ3n) is 6.53. The van der Waals surface area contributed by atoms with Gasteiger partial charge in [-0.05, 0) is 73.7 Å². The number of nitrogens with zero attached hydrogens (tertiary/aromatic N) is 2. The predicted octanol–water partition coefficient (Wildman–Crippen LogP) is 5.28. The maximum atomic E-state index is 13.8. The number of hydrogen-bond acceptors (Lipinski definition) is 4. The number of halogens is 1. The van der Waals surface area contributed by atoms with Crippen LogP contribution < -0.4 is 9.62 Å². The number of rotatable bonds is 13. The number of aryl methyl sites for hydroxylation is 2. The number of nitrogens with one attached hydrogen (secondary N) is 1. The molecule has 2 amide bonds. The summed E-state index contributed by atoms with van der Waals surface area (Å²) in [5.41, 5.74) is 4.27. The van der Waals surface area contributed by atoms with E-state index in [4.69, 9.17) is 11.6 Å². The normalized spacial score (nSPS) is 12.0. The van der Waals surface area contributed by atoms with E-state index < -0.39 is 16.1 Å². The summed E-state index contributed by atoms with van der Waals surface area (Å²) in [7, 11) is -3.57. The van der Waals surface area contributed by atoms with E-state index in [9.17, 15) is 18.0 Å². The summed E-state index contributed by atoms with van der Waals surface area (Å²) in [6, 6.07) is 21.7. The van der Waals surface area contributed by atoms with Crippen LogP contribution in [-0.2, 0) is 32.6 Å². The molecule has 0 bridgehead atoms. The van der Waals surface area contributed by atoms with Crippen molar-refractivity contribution in [3.05, 3.63) is 100 Å². The van der Waals surface area contributed by atoms with Crippen LogP contribution >= 0.6 is 11.6 Å². The molecule has 0 saturated heterocycles. The molecule has 0 aromatic heterocycles. The molecule has 0 spiro atoms. The van der Waals surface area contributed by atoms with E-state index in [0.717, 1.165) is 22.3 Å². The summed E-state index contributed by atoms with van der Waals surface area (Å²) in [5, 5.41) is 3.46. The van der Waals surface area contributed by atoms with E-state index >= 15 is 0 Å². The van der Waals surface area contributed by atoms with Gasteiger partial charge in [0, 0.05) is 37.5 Å². The van der Waals surface area contributed by atoms with Gasteiger partial charge in [0.2, 0.25) is 21.8 Å². The molecule has 7 nitrogen and oxygen atoms in total. The molecule has 0 aliphatic heterocycles. The van der Waals surface area contributed by atoms with Gasteiger partial charge in [-0.2, -0.15) is 0 Å². The lowest BCUT2D eigenvalue weighted by Gasteiger charge is -2.32. The zero-order chi connectivity index (χ0) is 29.3. The van der Waals surface area contributed by atoms with Gasteiger partial charge >= 0.3 is 0 Å². The first-order chi connectivity index (χ1) is 19.0. The Morgan fingerprint density at radius 1 is 0.925 bits per heavy atom. The van der Waals surface area contributed by atoms with E-state index in [1.807, 2.05) is 81.4 Å². The number of likely N-dealkylation sites (N-methyl/N-ethyl adjacent to an activating group) is 1. The van der Waals surface area contributed by atoms with Gasteiger partial charge in [-0.1, -0.05) is 60.1 Å². The second-order valence-electron chi connectivity index (χ2n) is 10.0. The first kappa shape index (κ1) is 31.2. The van der Waals surface area contributed by atoms with Gasteiger partial charge in [0.05, 0.1) is 11.9 Å². The van der Waals surface area contributed by atoms with Gasteiger partial charge in [0.25, 0.3) is 0 Å². The highest BCUT2D eigenvalue weighted by atomic mass is 35.5. The summed E-state index contributed by atoms with van der Waals surface area (Å²) >= 11 is 6.08. The van der Waals surface area contributed by atoms with Crippen LogP contribution in [0.25, 0.3) is 0 Å². The molecule has 1 N–H and O–H groups in total. The molecule has 40 heavy (non-hydrogen) atoms. The van der Waals surface area contributed by atoms with E-state index in [2.05, 4.69) is 5.32 Å². The van der Waals surface area contributed by atoms with Crippen molar-refractivity contribution in [2.75, 3.05) is 23.7 Å². The highest BCUT2D eigenvalue weighted by Gasteiger charge is 2.30. The minimum Gasteiger partial charge on any atom is -0.355 e. The summed E-state index contributed by atoms with van der Waals surface area (Å²) in [6.45, 7) is 6.49. The largest absolute Gasteiger partial charge is 0.355 e. The van der Waals surface area contributed by atoms with E-state index in [-0.39, 0.29) is 31.3 Å². The quantitative estimate of drug-likeness (QED) is 0.297. The standard InChI is InChI=1S/C31H38ClN3O4S/c1-5-33-31(37)29(21-25-10-7-6-8-11-25)34(22-26-13-15-27(32)16-14-26)30(36)12-9-17-35(40(4,38)39)28-19-23(2)18-24(3)20-28/h6-8,10-11,13-16,18-20,29H,5,9,12,17,21-22H2,1-4H3,(H,33,37)/t29-/m1/s1. The second kappa shape index (κ2) is 14.3. The fourth-order valence-corrected chi connectivity index (χ4v) is 5.81. The molecule has 3 rings (SSSR count). The molecule has 214 valence electrons. The van der Waals surface area contributed by atoms with Crippen molar-refractivity contribution in [3.8, 4) is 0 Å². The molecule has 0 radical (unpaired) electrons. The van der Waals surface area contributed by atoms with Crippen LogP contribution in [0.2, 0.25) is 5.02 Å². The number of anilines is 1. The van der Waals surface area contributed by atoms with Crippen molar-refractivity contribution in [3.63, 3.8) is 0 Å². The number of benzene rings is 3. The molecule has 0 aliphatic carbocycles. The zero-order valence-corrected chi connectivity index (χ0v) is 25.1. The first-order valence-corrected chi connectivity index (χ1v) is 15.6. The SMILES string of the molecule is CCNC(=O)[C@@H](Cc1ccccc1)N(Cc1ccc(Cl)cc1)C(=O)CCCN(c1cc(C)cc(C)c1)S(C)(=O)=O. The third-order valence-corrected chi connectivity index (χ3v) is 7.98. The van der Waals surface area contributed by atoms with Crippen molar-refractivity contribution in [2.24, 2.45) is 0 Å². The Balaban J connectivity index is 1.87. The van der Waals surface area contributed by atoms with E-state index in [0.29, 0.717) is 30.1 Å². The monoisotopic (exact) mass is 583 g/mol. The van der Waals surface area contributed by atoms with Gasteiger partial charge in [0.1, 0.15) is 6.04 Å². The number of carbonyl (C=O) groups excluding carboxylic acids is 2. The Morgan fingerprint density at radius 2 is 1.55 bits per heavy atom. The predicted molar refractivity (Wildman–Crippen MR) is 162 cm³/mol. The average Bonchev–Trinajstić information content (AvgIpc) is 2.89. The lowest BCUT2D eigenvalue weighted by molar-refractivity contribution is -0.141. The van der Waals surface area contributed by atoms with Gasteiger partial charge in [-0.15, -0.1) is 0 Å². The van der Waals surface area contributed by atoms with Crippen molar-refractivity contribution < 1.29 is 18.0 Å². The van der Waals surface area contributed by atoms with Gasteiger partial charge in [0.15, 0.2) is 0 Å². The van der Waals surface area contributed by atoms with Crippen LogP contribution in [0.3, 0.4) is 0 Å². The molecular weight excluding hydrogens is 546 g/mol. The van der Waals surface area contributed by atoms with Gasteiger partial charge < -0.3 is 10.2 Å². The Hall–Kier alpha value is -3.36. The maximum absolute atomic E-state index is 13.8. The van der Waals surface area contributed by atoms with Gasteiger partial charge in [-0.25, -0.2) is 8.42 Å². The number of hydrogen-bond donors (Lipinski definition) is 1. The fourth-order valence-electron chi connectivity index (χ4n) is 4.73. The summed E-state index contributed by atoms with van der Waals surface area (Å²) in [5.74, 6) is -0.460. The highest BCUT2D eigenvalue weighted by Crippen LogP contribution is 2.23. The average molecular weight is 584 g/mol. The molecular formula is C31H38ClN3O4S. The second-order valence-corrected chi connectivity index (χ2v) is 12.4. The summed E-state index contributed by atoms with van der Waals surface area (Å²) < 4.78 is 26.7. The van der Waals surface area contributed by atoms with Gasteiger partial charge in [-0.3, -0.25) is 13.9 Å². The molecule has 0 fully saturated rings. The maximum Gasteiger partial charge on any atom is 0.243 e. The number of sulfonamides is 1. The molecule has 3 aromatic carbocycles. The number of carbonyl (C=O) groups is 2. The highest BCUT2D eigenvalue weighted by molar-refractivity contribution is 7.92. The topological polar surface area (TPSA) is 86.8 Å². The molecule has 0 heterocycles. The minimum absolute atomic E-state index is 0.0785. The Bertz CT molecular complexity index is 1380. The summed E-state index contributed by atoms with van der Waals surface area (Å²) in [6.07, 6.45) is 1.90. The lowest BCUT2D eigenvalue weighted by Crippen LogP contribution is -2.50. The molecule has 0 unspecified atom stereocenters. The smallest absolute Gasteiger partial charge is 0.243 e. The van der Waals surface area contributed by atoms with Crippen molar-refractivity contribution in [2.45, 2.75) is 52.6 Å². The van der Waals surface area contributed by atoms with Crippen LogP contribution in [0.15, 0.2) is 72.8 Å². The third kappa shape index (κ3) is 9.10. The van der Waals surface area contributed by atoms with E-state index in [1.54, 1.807) is 17.0 Å². The Morgan fingerprint density at radius 3 is 2.12 bits per heavy atom. The Labute approximate surface area is 243 Å². The number of amides is 2. The summed E-state index contributed by atoms with van der Waals surface area (Å²) in [4.78, 5) is 28.7. The molecule has 3 aromatic rings. The zero-order valence-electron chi connectivity index (χ0n) is 23.6. The van der Waals surface area contributed by atoms with Crippen LogP contribution in [0, 0.1) is 13.8 Å². The molecule has 0 saturated carbocycles. The van der Waals surface area contributed by atoms with Crippen molar-refractivity contribution in [1.29, 1.82) is 0 Å². The van der Waals surface area contributed by atoms with Crippen LogP contribution in [0.5, 0.6) is 0 Å². The molecule has 1 atom stereocenters. The van der Waals surface area contributed by atoms with Crippen molar-refractivity contribution >= 4 is 39.1 Å². The Kier molecular flexibility index (Phi) is 11.2. The van der Waals surface area contributed by atoms with Crippen LogP contribution in [0.1, 0.15) is 42.0 Å². The molecule has 9 heteroatoms. The minimum atomic E-state index is -3.57. The van der Waals surface area contributed by atoms with Crippen LogP contribution in [0.4, 0.5) is 5.69 Å². The lowest BCUT2D eigenvalue weighted by atomic mass is 10.0. The van der Waals surface area contributed by atoms with E-state index in [1.165, 1.54) is 10.6 Å².